The topological polar surface area (TPSA) is 42.7 Å². The van der Waals surface area contributed by atoms with Gasteiger partial charge in [0.1, 0.15) is 0 Å². The largest absolute Gasteiger partial charge is 0.305 e. The third-order valence-corrected chi connectivity index (χ3v) is 6.51. The Hall–Kier alpha value is -1.47. The molecule has 2 unspecified atom stereocenters. The number of aromatic nitrogens is 3. The molecule has 170 valence electrons. The Balaban J connectivity index is 0.00000110. The number of halogens is 1. The summed E-state index contributed by atoms with van der Waals surface area (Å²) in [4.78, 5) is 0.984. The molecule has 2 atom stereocenters. The summed E-state index contributed by atoms with van der Waals surface area (Å²) in [6.07, 6.45) is 5.76. The standard InChI is InChI=1S/C21H30N4S2.C3H5Cl/c1-7-12-16(5)27-24-19(15(3)4)20-22-23-21(25(20)8-2)26-17(6)18-13-10-9-11-14-18;1-2-3-4/h7,9-15,17,19,24H,5,8H2,1-4,6H3;2-3H,1H3/b12-7-;3-2+. The van der Waals surface area contributed by atoms with Gasteiger partial charge in [0.05, 0.1) is 6.04 Å². The Morgan fingerprint density at radius 3 is 2.32 bits per heavy atom. The van der Waals surface area contributed by atoms with Gasteiger partial charge in [-0.1, -0.05) is 92.3 Å². The van der Waals surface area contributed by atoms with Gasteiger partial charge in [-0.15, -0.1) is 10.2 Å². The molecule has 0 saturated carbocycles. The van der Waals surface area contributed by atoms with Crippen LogP contribution in [0.25, 0.3) is 0 Å². The van der Waals surface area contributed by atoms with Crippen molar-refractivity contribution in [2.24, 2.45) is 5.92 Å². The molecule has 0 radical (unpaired) electrons. The number of allylic oxidation sites excluding steroid dienone is 3. The zero-order valence-electron chi connectivity index (χ0n) is 19.4. The summed E-state index contributed by atoms with van der Waals surface area (Å²) in [7, 11) is 0. The van der Waals surface area contributed by atoms with Crippen LogP contribution in [0.4, 0.5) is 0 Å². The van der Waals surface area contributed by atoms with Crippen molar-refractivity contribution in [3.63, 3.8) is 0 Å². The van der Waals surface area contributed by atoms with Crippen molar-refractivity contribution >= 4 is 35.3 Å². The maximum absolute atomic E-state index is 5.01. The van der Waals surface area contributed by atoms with Gasteiger partial charge in [-0.2, -0.15) is 0 Å². The van der Waals surface area contributed by atoms with Gasteiger partial charge in [-0.3, -0.25) is 0 Å². The highest BCUT2D eigenvalue weighted by molar-refractivity contribution is 8.01. The zero-order chi connectivity index (χ0) is 23.2. The molecule has 0 spiro atoms. The number of nitrogens with zero attached hydrogens (tertiary/aromatic N) is 3. The van der Waals surface area contributed by atoms with Crippen molar-refractivity contribution in [3.8, 4) is 0 Å². The molecule has 0 bridgehead atoms. The Morgan fingerprint density at radius 1 is 1.16 bits per heavy atom. The second-order valence-electron chi connectivity index (χ2n) is 7.12. The smallest absolute Gasteiger partial charge is 0.191 e. The molecule has 2 rings (SSSR count). The molecule has 0 amide bonds. The van der Waals surface area contributed by atoms with E-state index in [1.54, 1.807) is 29.8 Å². The minimum absolute atomic E-state index is 0.103. The fourth-order valence-electron chi connectivity index (χ4n) is 2.71. The van der Waals surface area contributed by atoms with Gasteiger partial charge in [0.2, 0.25) is 0 Å². The summed E-state index contributed by atoms with van der Waals surface area (Å²) in [5, 5.41) is 10.3. The summed E-state index contributed by atoms with van der Waals surface area (Å²) < 4.78 is 5.75. The number of hydrogen-bond acceptors (Lipinski definition) is 5. The maximum Gasteiger partial charge on any atom is 0.191 e. The third kappa shape index (κ3) is 9.27. The lowest BCUT2D eigenvalue weighted by Gasteiger charge is -2.22. The fourth-order valence-corrected chi connectivity index (χ4v) is 4.62. The van der Waals surface area contributed by atoms with Crippen molar-refractivity contribution in [3.05, 3.63) is 77.0 Å². The lowest BCUT2D eigenvalue weighted by Crippen LogP contribution is -2.24. The van der Waals surface area contributed by atoms with E-state index in [0.717, 1.165) is 22.4 Å². The van der Waals surface area contributed by atoms with Crippen LogP contribution in [-0.2, 0) is 6.54 Å². The molecule has 1 aromatic carbocycles. The van der Waals surface area contributed by atoms with E-state index in [1.165, 1.54) is 11.1 Å². The monoisotopic (exact) mass is 478 g/mol. The van der Waals surface area contributed by atoms with Crippen molar-refractivity contribution in [1.82, 2.24) is 19.5 Å². The van der Waals surface area contributed by atoms with Crippen molar-refractivity contribution in [1.29, 1.82) is 0 Å². The quantitative estimate of drug-likeness (QED) is 0.213. The first-order valence-electron chi connectivity index (χ1n) is 10.5. The number of benzene rings is 1. The first-order chi connectivity index (χ1) is 14.9. The van der Waals surface area contributed by atoms with E-state index in [4.69, 9.17) is 11.6 Å². The van der Waals surface area contributed by atoms with Crippen LogP contribution >= 0.6 is 35.3 Å². The number of hydrogen-bond donors (Lipinski definition) is 1. The maximum atomic E-state index is 5.01. The molecule has 0 aliphatic carbocycles. The van der Waals surface area contributed by atoms with Crippen LogP contribution in [0, 0.1) is 5.92 Å². The Morgan fingerprint density at radius 2 is 1.81 bits per heavy atom. The Bertz CT molecular complexity index is 827. The van der Waals surface area contributed by atoms with E-state index in [-0.39, 0.29) is 6.04 Å². The summed E-state index contributed by atoms with van der Waals surface area (Å²) >= 11 is 8.31. The minimum Gasteiger partial charge on any atom is -0.305 e. The zero-order valence-corrected chi connectivity index (χ0v) is 21.8. The minimum atomic E-state index is 0.103. The molecule has 1 aromatic heterocycles. The second-order valence-corrected chi connectivity index (χ2v) is 9.65. The summed E-state index contributed by atoms with van der Waals surface area (Å²) in [5.74, 6) is 1.37. The molecule has 4 nitrogen and oxygen atoms in total. The molecule has 2 aromatic rings. The SMILES string of the molecule is C/C=C/Cl.C=C(/C=C\C)SNC(c1nnc(SC(C)c2ccccc2)n1CC)C(C)C. The normalized spacial score (nSPS) is 13.4. The van der Waals surface area contributed by atoms with Gasteiger partial charge < -0.3 is 4.57 Å². The van der Waals surface area contributed by atoms with Crippen LogP contribution in [0.1, 0.15) is 64.2 Å². The molecular weight excluding hydrogens is 444 g/mol. The van der Waals surface area contributed by atoms with Gasteiger partial charge >= 0.3 is 0 Å². The van der Waals surface area contributed by atoms with Crippen LogP contribution in [0.15, 0.2) is 70.7 Å². The number of thioether (sulfide) groups is 1. The molecule has 1 N–H and O–H groups in total. The molecule has 31 heavy (non-hydrogen) atoms. The van der Waals surface area contributed by atoms with Gasteiger partial charge in [-0.05, 0) is 56.7 Å². The highest BCUT2D eigenvalue weighted by Crippen LogP contribution is 2.35. The van der Waals surface area contributed by atoms with Gasteiger partial charge in [0.15, 0.2) is 11.0 Å². The van der Waals surface area contributed by atoms with Crippen LogP contribution in [-0.4, -0.2) is 14.8 Å². The first-order valence-corrected chi connectivity index (χ1v) is 12.6. The molecule has 7 heteroatoms. The highest BCUT2D eigenvalue weighted by Gasteiger charge is 2.24. The third-order valence-electron chi connectivity index (χ3n) is 4.35. The van der Waals surface area contributed by atoms with Crippen molar-refractivity contribution in [2.45, 2.75) is 64.5 Å². The van der Waals surface area contributed by atoms with E-state index in [0.29, 0.717) is 11.2 Å². The van der Waals surface area contributed by atoms with E-state index >= 15 is 0 Å². The number of rotatable bonds is 10. The lowest BCUT2D eigenvalue weighted by molar-refractivity contribution is 0.440. The van der Waals surface area contributed by atoms with Crippen molar-refractivity contribution in [2.75, 3.05) is 0 Å². The molecular formula is C24H35ClN4S2. The van der Waals surface area contributed by atoms with Crippen molar-refractivity contribution < 1.29 is 0 Å². The predicted molar refractivity (Wildman–Crippen MR) is 139 cm³/mol. The number of nitrogens with one attached hydrogen (secondary N) is 1. The van der Waals surface area contributed by atoms with E-state index in [1.807, 2.05) is 32.1 Å². The van der Waals surface area contributed by atoms with E-state index < -0.39 is 0 Å². The van der Waals surface area contributed by atoms with Crippen LogP contribution in [0.3, 0.4) is 0 Å². The fraction of sp³-hybridized carbons (Fsp3) is 0.417. The van der Waals surface area contributed by atoms with Crippen LogP contribution in [0.5, 0.6) is 0 Å². The Kier molecular flexibility index (Phi) is 13.7. The average molecular weight is 479 g/mol. The molecule has 0 saturated heterocycles. The summed E-state index contributed by atoms with van der Waals surface area (Å²) in [5.41, 5.74) is 2.77. The predicted octanol–water partition coefficient (Wildman–Crippen LogP) is 7.93. The van der Waals surface area contributed by atoms with E-state index in [9.17, 15) is 0 Å². The second kappa shape index (κ2) is 15.4. The van der Waals surface area contributed by atoms with Gasteiger partial charge in [0.25, 0.3) is 0 Å². The summed E-state index contributed by atoms with van der Waals surface area (Å²) in [6, 6.07) is 10.6. The Labute approximate surface area is 201 Å². The first kappa shape index (κ1) is 27.6. The molecule has 1 heterocycles. The lowest BCUT2D eigenvalue weighted by atomic mass is 10.1. The summed E-state index contributed by atoms with van der Waals surface area (Å²) in [6.45, 7) is 17.5. The van der Waals surface area contributed by atoms with E-state index in [2.05, 4.69) is 78.0 Å². The molecule has 0 aliphatic heterocycles. The average Bonchev–Trinajstić information content (AvgIpc) is 3.16. The highest BCUT2D eigenvalue weighted by atomic mass is 35.5. The van der Waals surface area contributed by atoms with Crippen LogP contribution in [0.2, 0.25) is 0 Å². The van der Waals surface area contributed by atoms with Gasteiger partial charge in [-0.25, -0.2) is 4.72 Å². The van der Waals surface area contributed by atoms with Crippen LogP contribution < -0.4 is 4.72 Å². The molecule has 0 fully saturated rings. The van der Waals surface area contributed by atoms with Gasteiger partial charge in [0, 0.05) is 16.7 Å². The molecule has 0 aliphatic rings.